The maximum Gasteiger partial charge on any atom is 0.127 e. The number of nitrogens with one attached hydrogen (secondary N) is 1. The predicted molar refractivity (Wildman–Crippen MR) is 63.5 cm³/mol. The van der Waals surface area contributed by atoms with Crippen LogP contribution < -0.4 is 10.1 Å². The van der Waals surface area contributed by atoms with Crippen LogP contribution in [0.3, 0.4) is 0 Å². The van der Waals surface area contributed by atoms with Crippen LogP contribution in [0.1, 0.15) is 31.4 Å². The minimum atomic E-state index is -0.589. The van der Waals surface area contributed by atoms with Gasteiger partial charge in [0.05, 0.1) is 13.2 Å². The Labute approximate surface area is 96.7 Å². The van der Waals surface area contributed by atoms with Gasteiger partial charge in [-0.3, -0.25) is 4.98 Å². The van der Waals surface area contributed by atoms with Gasteiger partial charge >= 0.3 is 0 Å². The van der Waals surface area contributed by atoms with Gasteiger partial charge in [0.1, 0.15) is 5.75 Å². The first-order valence-electron chi connectivity index (χ1n) is 5.57. The van der Waals surface area contributed by atoms with E-state index in [0.717, 1.165) is 18.4 Å². The minimum absolute atomic E-state index is 0.0306. The average molecular weight is 224 g/mol. The van der Waals surface area contributed by atoms with E-state index in [4.69, 9.17) is 4.74 Å². The van der Waals surface area contributed by atoms with E-state index in [9.17, 15) is 5.11 Å². The molecule has 1 aromatic heterocycles. The molecule has 0 aliphatic carbocycles. The van der Waals surface area contributed by atoms with E-state index in [0.29, 0.717) is 5.75 Å². The largest absolute Gasteiger partial charge is 0.496 e. The van der Waals surface area contributed by atoms with Crippen LogP contribution in [-0.2, 0) is 0 Å². The number of rotatable bonds is 6. The number of methoxy groups -OCH3 is 1. The molecule has 1 rings (SSSR count). The molecule has 0 fully saturated rings. The van der Waals surface area contributed by atoms with Crippen LogP contribution >= 0.6 is 0 Å². The topological polar surface area (TPSA) is 54.4 Å². The molecule has 0 radical (unpaired) electrons. The van der Waals surface area contributed by atoms with Crippen LogP contribution in [0.2, 0.25) is 0 Å². The van der Waals surface area contributed by atoms with Gasteiger partial charge in [0.25, 0.3) is 0 Å². The second-order valence-electron chi connectivity index (χ2n) is 3.75. The first kappa shape index (κ1) is 12.9. The molecular weight excluding hydrogens is 204 g/mol. The summed E-state index contributed by atoms with van der Waals surface area (Å²) in [5.74, 6) is 0.679. The van der Waals surface area contributed by atoms with Gasteiger partial charge in [0, 0.05) is 24.0 Å². The third-order valence-corrected chi connectivity index (χ3v) is 2.70. The molecule has 4 heteroatoms. The van der Waals surface area contributed by atoms with Crippen LogP contribution in [0.15, 0.2) is 18.5 Å². The smallest absolute Gasteiger partial charge is 0.127 e. The van der Waals surface area contributed by atoms with Crippen LogP contribution in [0.5, 0.6) is 5.75 Å². The van der Waals surface area contributed by atoms with Crippen LogP contribution in [0, 0.1) is 0 Å². The highest BCUT2D eigenvalue weighted by molar-refractivity contribution is 5.32. The van der Waals surface area contributed by atoms with Crippen molar-refractivity contribution >= 4 is 0 Å². The molecule has 0 saturated carbocycles. The van der Waals surface area contributed by atoms with Crippen molar-refractivity contribution in [2.75, 3.05) is 14.2 Å². The summed E-state index contributed by atoms with van der Waals surface area (Å²) < 4.78 is 5.21. The minimum Gasteiger partial charge on any atom is -0.496 e. The lowest BCUT2D eigenvalue weighted by atomic mass is 9.99. The fourth-order valence-corrected chi connectivity index (χ4v) is 1.79. The van der Waals surface area contributed by atoms with Crippen molar-refractivity contribution in [1.82, 2.24) is 10.3 Å². The standard InChI is InChI=1S/C12H20N2O2/c1-4-5-10(13-2)12(15)9-8-14-7-6-11(9)16-3/h6-8,10,12-13,15H,4-5H2,1-3H3. The highest BCUT2D eigenvalue weighted by Gasteiger charge is 2.21. The molecule has 0 aliphatic rings. The number of hydrogen-bond donors (Lipinski definition) is 2. The Morgan fingerprint density at radius 2 is 2.31 bits per heavy atom. The van der Waals surface area contributed by atoms with Crippen molar-refractivity contribution in [1.29, 1.82) is 0 Å². The molecule has 0 aromatic carbocycles. The summed E-state index contributed by atoms with van der Waals surface area (Å²) >= 11 is 0. The van der Waals surface area contributed by atoms with Gasteiger partial charge in [0.15, 0.2) is 0 Å². The number of pyridine rings is 1. The van der Waals surface area contributed by atoms with Gasteiger partial charge in [-0.15, -0.1) is 0 Å². The number of hydrogen-bond acceptors (Lipinski definition) is 4. The molecule has 16 heavy (non-hydrogen) atoms. The molecule has 0 bridgehead atoms. The second kappa shape index (κ2) is 6.45. The van der Waals surface area contributed by atoms with E-state index in [2.05, 4.69) is 17.2 Å². The molecule has 2 atom stereocenters. The summed E-state index contributed by atoms with van der Waals surface area (Å²) in [5, 5.41) is 13.4. The molecule has 90 valence electrons. The first-order valence-corrected chi connectivity index (χ1v) is 5.57. The van der Waals surface area contributed by atoms with Gasteiger partial charge in [-0.1, -0.05) is 13.3 Å². The van der Waals surface area contributed by atoms with Crippen molar-refractivity contribution in [2.24, 2.45) is 0 Å². The highest BCUT2D eigenvalue weighted by Crippen LogP contribution is 2.27. The summed E-state index contributed by atoms with van der Waals surface area (Å²) in [6.07, 6.45) is 4.65. The third kappa shape index (κ3) is 2.93. The summed E-state index contributed by atoms with van der Waals surface area (Å²) in [6, 6.07) is 1.79. The molecule has 1 aromatic rings. The summed E-state index contributed by atoms with van der Waals surface area (Å²) in [5.41, 5.74) is 0.734. The maximum atomic E-state index is 10.2. The second-order valence-corrected chi connectivity index (χ2v) is 3.75. The Bertz CT molecular complexity index is 318. The summed E-state index contributed by atoms with van der Waals surface area (Å²) in [7, 11) is 3.45. The molecule has 1 heterocycles. The normalized spacial score (nSPS) is 14.5. The average Bonchev–Trinajstić information content (AvgIpc) is 2.35. The lowest BCUT2D eigenvalue weighted by Crippen LogP contribution is -2.32. The molecule has 0 spiro atoms. The van der Waals surface area contributed by atoms with Crippen molar-refractivity contribution in [3.8, 4) is 5.75 Å². The van der Waals surface area contributed by atoms with Crippen molar-refractivity contribution in [2.45, 2.75) is 31.9 Å². The van der Waals surface area contributed by atoms with Crippen molar-refractivity contribution < 1.29 is 9.84 Å². The lowest BCUT2D eigenvalue weighted by Gasteiger charge is -2.23. The number of likely N-dealkylation sites (N-methyl/N-ethyl adjacent to an activating group) is 1. The number of aliphatic hydroxyl groups is 1. The first-order chi connectivity index (χ1) is 7.74. The molecule has 0 saturated heterocycles. The number of aliphatic hydroxyl groups excluding tert-OH is 1. The monoisotopic (exact) mass is 224 g/mol. The molecule has 0 aliphatic heterocycles. The molecule has 2 N–H and O–H groups in total. The Hall–Kier alpha value is -1.13. The maximum absolute atomic E-state index is 10.2. The number of nitrogens with zero attached hydrogens (tertiary/aromatic N) is 1. The zero-order valence-electron chi connectivity index (χ0n) is 10.1. The van der Waals surface area contributed by atoms with Crippen LogP contribution in [-0.4, -0.2) is 30.3 Å². The predicted octanol–water partition coefficient (Wildman–Crippen LogP) is 1.51. The van der Waals surface area contributed by atoms with Crippen molar-refractivity contribution in [3.05, 3.63) is 24.0 Å². The summed E-state index contributed by atoms with van der Waals surface area (Å²) in [4.78, 5) is 4.02. The van der Waals surface area contributed by atoms with E-state index < -0.39 is 6.10 Å². The zero-order valence-corrected chi connectivity index (χ0v) is 10.1. The molecular formula is C12H20N2O2. The Balaban J connectivity index is 2.88. The Morgan fingerprint density at radius 3 is 2.88 bits per heavy atom. The fourth-order valence-electron chi connectivity index (χ4n) is 1.79. The van der Waals surface area contributed by atoms with E-state index in [1.54, 1.807) is 25.6 Å². The van der Waals surface area contributed by atoms with E-state index >= 15 is 0 Å². The quantitative estimate of drug-likeness (QED) is 0.769. The molecule has 0 amide bonds. The van der Waals surface area contributed by atoms with Gasteiger partial charge in [-0.2, -0.15) is 0 Å². The van der Waals surface area contributed by atoms with Crippen molar-refractivity contribution in [3.63, 3.8) is 0 Å². The lowest BCUT2D eigenvalue weighted by molar-refractivity contribution is 0.124. The zero-order chi connectivity index (χ0) is 12.0. The highest BCUT2D eigenvalue weighted by atomic mass is 16.5. The Morgan fingerprint density at radius 1 is 1.56 bits per heavy atom. The third-order valence-electron chi connectivity index (χ3n) is 2.70. The van der Waals surface area contributed by atoms with Gasteiger partial charge < -0.3 is 15.2 Å². The van der Waals surface area contributed by atoms with Gasteiger partial charge in [-0.05, 0) is 19.5 Å². The number of ether oxygens (including phenoxy) is 1. The fraction of sp³-hybridized carbons (Fsp3) is 0.583. The van der Waals surface area contributed by atoms with Gasteiger partial charge in [-0.25, -0.2) is 0 Å². The van der Waals surface area contributed by atoms with Crippen LogP contribution in [0.4, 0.5) is 0 Å². The van der Waals surface area contributed by atoms with Crippen LogP contribution in [0.25, 0.3) is 0 Å². The van der Waals surface area contributed by atoms with E-state index in [-0.39, 0.29) is 6.04 Å². The molecule has 2 unspecified atom stereocenters. The summed E-state index contributed by atoms with van der Waals surface area (Å²) in [6.45, 7) is 2.09. The SMILES string of the molecule is CCCC(NC)C(O)c1cnccc1OC. The molecule has 4 nitrogen and oxygen atoms in total. The van der Waals surface area contributed by atoms with E-state index in [1.807, 2.05) is 7.05 Å². The van der Waals surface area contributed by atoms with E-state index in [1.165, 1.54) is 0 Å². The number of aromatic nitrogens is 1. The van der Waals surface area contributed by atoms with Gasteiger partial charge in [0.2, 0.25) is 0 Å². The Kier molecular flexibility index (Phi) is 5.22.